The van der Waals surface area contributed by atoms with Crippen LogP contribution in [0.25, 0.3) is 0 Å². The summed E-state index contributed by atoms with van der Waals surface area (Å²) >= 11 is 0. The van der Waals surface area contributed by atoms with Crippen molar-refractivity contribution in [3.8, 4) is 0 Å². The van der Waals surface area contributed by atoms with Gasteiger partial charge in [-0.25, -0.2) is 0 Å². The molecule has 1 heterocycles. The van der Waals surface area contributed by atoms with Crippen LogP contribution in [-0.4, -0.2) is 62.0 Å². The fraction of sp³-hybridized carbons (Fsp3) is 1.00. The van der Waals surface area contributed by atoms with Crippen molar-refractivity contribution in [3.05, 3.63) is 0 Å². The Bertz CT molecular complexity index is 391. The molecule has 0 bridgehead atoms. The van der Waals surface area contributed by atoms with Gasteiger partial charge in [-0.2, -0.15) is 30.6 Å². The molecular formula is C9H17F3N2O4S. The summed E-state index contributed by atoms with van der Waals surface area (Å²) in [5.41, 5.74) is 0. The maximum Gasteiger partial charge on any atom is 0.415 e. The van der Waals surface area contributed by atoms with E-state index in [1.807, 2.05) is 0 Å². The van der Waals surface area contributed by atoms with Crippen LogP contribution in [-0.2, 0) is 14.9 Å². The monoisotopic (exact) mass is 306 g/mol. The minimum atomic E-state index is -4.85. The quantitative estimate of drug-likeness (QED) is 0.757. The van der Waals surface area contributed by atoms with Crippen molar-refractivity contribution in [2.24, 2.45) is 0 Å². The average molecular weight is 306 g/mol. The molecule has 1 aliphatic heterocycles. The fourth-order valence-electron chi connectivity index (χ4n) is 1.72. The predicted molar refractivity (Wildman–Crippen MR) is 60.6 cm³/mol. The van der Waals surface area contributed by atoms with Gasteiger partial charge in [-0.05, 0) is 13.8 Å². The highest BCUT2D eigenvalue weighted by Crippen LogP contribution is 2.20. The Morgan fingerprint density at radius 3 is 2.26 bits per heavy atom. The Balaban J connectivity index is 2.61. The molecule has 6 nitrogen and oxygen atoms in total. The smallest absolute Gasteiger partial charge is 0.382 e. The van der Waals surface area contributed by atoms with Crippen molar-refractivity contribution in [1.29, 1.82) is 0 Å². The van der Waals surface area contributed by atoms with Crippen molar-refractivity contribution in [3.63, 3.8) is 0 Å². The molecule has 0 amide bonds. The van der Waals surface area contributed by atoms with Crippen molar-refractivity contribution >= 4 is 10.2 Å². The van der Waals surface area contributed by atoms with Crippen LogP contribution in [0.2, 0.25) is 0 Å². The van der Waals surface area contributed by atoms with Gasteiger partial charge >= 0.3 is 6.18 Å². The van der Waals surface area contributed by atoms with Gasteiger partial charge in [0.05, 0.1) is 12.2 Å². The number of nitrogens with zero attached hydrogens (tertiary/aromatic N) is 1. The van der Waals surface area contributed by atoms with E-state index in [-0.39, 0.29) is 25.3 Å². The third-order valence-electron chi connectivity index (χ3n) is 2.56. The van der Waals surface area contributed by atoms with Crippen molar-refractivity contribution in [1.82, 2.24) is 9.03 Å². The normalized spacial score (nSPS) is 28.3. The third kappa shape index (κ3) is 4.88. The second-order valence-electron chi connectivity index (χ2n) is 4.49. The number of morpholine rings is 1. The molecule has 2 N–H and O–H groups in total. The number of nitrogens with one attached hydrogen (secondary N) is 1. The van der Waals surface area contributed by atoms with Crippen molar-refractivity contribution < 1.29 is 31.4 Å². The zero-order chi connectivity index (χ0) is 14.8. The maximum atomic E-state index is 12.1. The summed E-state index contributed by atoms with van der Waals surface area (Å²) in [7, 11) is -4.06. The predicted octanol–water partition coefficient (Wildman–Crippen LogP) is -0.147. The van der Waals surface area contributed by atoms with E-state index < -0.39 is 29.0 Å². The molecule has 0 radical (unpaired) electrons. The molecule has 0 saturated carbocycles. The molecule has 1 aliphatic rings. The second-order valence-corrected chi connectivity index (χ2v) is 6.24. The first-order chi connectivity index (χ1) is 8.52. The number of aliphatic hydroxyl groups is 1. The number of ether oxygens (including phenoxy) is 1. The first-order valence-electron chi connectivity index (χ1n) is 5.67. The standard InChI is InChI=1S/C9H17F3N2O4S/c1-6-4-14(5-7(2)18-6)19(16,17)13-3-8(15)9(10,11)12/h6-8,13,15H,3-5H2,1-2H3. The molecule has 0 aromatic carbocycles. The summed E-state index contributed by atoms with van der Waals surface area (Å²) in [6.45, 7) is 2.35. The average Bonchev–Trinajstić information content (AvgIpc) is 2.23. The van der Waals surface area contributed by atoms with Crippen molar-refractivity contribution in [2.45, 2.75) is 38.3 Å². The lowest BCUT2D eigenvalue weighted by Gasteiger charge is -2.34. The van der Waals surface area contributed by atoms with Crippen molar-refractivity contribution in [2.75, 3.05) is 19.6 Å². The number of rotatable bonds is 4. The molecular weight excluding hydrogens is 289 g/mol. The van der Waals surface area contributed by atoms with Gasteiger partial charge in [0.2, 0.25) is 0 Å². The zero-order valence-corrected chi connectivity index (χ0v) is 11.3. The van der Waals surface area contributed by atoms with Gasteiger partial charge in [-0.3, -0.25) is 0 Å². The van der Waals surface area contributed by atoms with E-state index in [0.717, 1.165) is 4.31 Å². The van der Waals surface area contributed by atoms with E-state index in [0.29, 0.717) is 0 Å². The number of alkyl halides is 3. The van der Waals surface area contributed by atoms with Gasteiger partial charge in [0, 0.05) is 19.6 Å². The number of hydrogen-bond acceptors (Lipinski definition) is 4. The summed E-state index contributed by atoms with van der Waals surface area (Å²) in [6, 6.07) is 0. The van der Waals surface area contributed by atoms with Crippen LogP contribution in [0, 0.1) is 0 Å². The Kier molecular flexibility index (Phi) is 5.18. The molecule has 1 saturated heterocycles. The fourth-order valence-corrected chi connectivity index (χ4v) is 3.08. The molecule has 1 fully saturated rings. The topological polar surface area (TPSA) is 78.9 Å². The lowest BCUT2D eigenvalue weighted by Crippen LogP contribution is -2.53. The van der Waals surface area contributed by atoms with Gasteiger partial charge in [-0.15, -0.1) is 0 Å². The molecule has 114 valence electrons. The van der Waals surface area contributed by atoms with E-state index >= 15 is 0 Å². The molecule has 0 aliphatic carbocycles. The van der Waals surface area contributed by atoms with Crippen LogP contribution >= 0.6 is 0 Å². The minimum Gasteiger partial charge on any atom is -0.382 e. The van der Waals surface area contributed by atoms with E-state index in [9.17, 15) is 21.6 Å². The number of aliphatic hydroxyl groups excluding tert-OH is 1. The zero-order valence-electron chi connectivity index (χ0n) is 10.5. The van der Waals surface area contributed by atoms with E-state index in [1.165, 1.54) is 0 Å². The van der Waals surface area contributed by atoms with Gasteiger partial charge in [0.15, 0.2) is 6.10 Å². The number of halogens is 3. The summed E-state index contributed by atoms with van der Waals surface area (Å²) < 4.78 is 67.9. The van der Waals surface area contributed by atoms with Gasteiger partial charge in [0.1, 0.15) is 0 Å². The highest BCUT2D eigenvalue weighted by molar-refractivity contribution is 7.87. The van der Waals surface area contributed by atoms with Crippen LogP contribution in [0.1, 0.15) is 13.8 Å². The van der Waals surface area contributed by atoms with Gasteiger partial charge < -0.3 is 9.84 Å². The summed E-state index contributed by atoms with van der Waals surface area (Å²) in [4.78, 5) is 0. The lowest BCUT2D eigenvalue weighted by molar-refractivity contribution is -0.200. The highest BCUT2D eigenvalue weighted by Gasteiger charge is 2.39. The molecule has 1 rings (SSSR count). The first kappa shape index (κ1) is 16.6. The molecule has 3 unspecified atom stereocenters. The highest BCUT2D eigenvalue weighted by atomic mass is 32.2. The Labute approximate surface area is 109 Å². The van der Waals surface area contributed by atoms with E-state index in [1.54, 1.807) is 18.6 Å². The molecule has 19 heavy (non-hydrogen) atoms. The summed E-state index contributed by atoms with van der Waals surface area (Å²) in [5.74, 6) is 0. The Hall–Kier alpha value is -0.420. The lowest BCUT2D eigenvalue weighted by atomic mass is 10.3. The molecule has 3 atom stereocenters. The Morgan fingerprint density at radius 1 is 1.37 bits per heavy atom. The first-order valence-corrected chi connectivity index (χ1v) is 7.11. The number of hydrogen-bond donors (Lipinski definition) is 2. The van der Waals surface area contributed by atoms with Crippen LogP contribution in [0.5, 0.6) is 0 Å². The SMILES string of the molecule is CC1CN(S(=O)(=O)NCC(O)C(F)(F)F)CC(C)O1. The molecule has 0 spiro atoms. The summed E-state index contributed by atoms with van der Waals surface area (Å²) in [5, 5.41) is 8.76. The van der Waals surface area contributed by atoms with Crippen LogP contribution in [0.3, 0.4) is 0 Å². The van der Waals surface area contributed by atoms with E-state index in [2.05, 4.69) is 0 Å². The summed E-state index contributed by atoms with van der Waals surface area (Å²) in [6.07, 6.45) is -8.26. The van der Waals surface area contributed by atoms with Gasteiger partial charge in [0.25, 0.3) is 10.2 Å². The van der Waals surface area contributed by atoms with E-state index in [4.69, 9.17) is 9.84 Å². The van der Waals surface area contributed by atoms with Crippen LogP contribution in [0.4, 0.5) is 13.2 Å². The third-order valence-corrected chi connectivity index (χ3v) is 4.07. The second kappa shape index (κ2) is 5.92. The van der Waals surface area contributed by atoms with Crippen LogP contribution in [0.15, 0.2) is 0 Å². The van der Waals surface area contributed by atoms with Crippen LogP contribution < -0.4 is 4.72 Å². The molecule has 0 aromatic heterocycles. The molecule has 10 heteroatoms. The largest absolute Gasteiger partial charge is 0.415 e. The Morgan fingerprint density at radius 2 is 1.84 bits per heavy atom. The minimum absolute atomic E-state index is 0.0573. The maximum absolute atomic E-state index is 12.1. The van der Waals surface area contributed by atoms with Gasteiger partial charge in [-0.1, -0.05) is 0 Å². The molecule has 0 aromatic rings.